The Morgan fingerprint density at radius 1 is 1.00 bits per heavy atom. The second-order valence-corrected chi connectivity index (χ2v) is 4.28. The third kappa shape index (κ3) is 3.12. The van der Waals surface area contributed by atoms with E-state index in [9.17, 15) is 0 Å². The van der Waals surface area contributed by atoms with Gasteiger partial charge in [0.05, 0.1) is 6.04 Å². The Balaban J connectivity index is 2.11. The van der Waals surface area contributed by atoms with E-state index in [2.05, 4.69) is 34.3 Å². The van der Waals surface area contributed by atoms with Crippen LogP contribution in [0.4, 0.5) is 0 Å². The van der Waals surface area contributed by atoms with Gasteiger partial charge < -0.3 is 0 Å². The van der Waals surface area contributed by atoms with Gasteiger partial charge in [0.2, 0.25) is 0 Å². The molecule has 0 aromatic heterocycles. The van der Waals surface area contributed by atoms with E-state index in [0.29, 0.717) is 0 Å². The average Bonchev–Trinajstić information content (AvgIpc) is 2.41. The molecular weight excluding hydrogens is 222 g/mol. The average molecular weight is 237 g/mol. The van der Waals surface area contributed by atoms with Crippen LogP contribution in [0.1, 0.15) is 29.7 Å². The summed E-state index contributed by atoms with van der Waals surface area (Å²) in [4.78, 5) is 2.83. The van der Waals surface area contributed by atoms with Crippen molar-refractivity contribution in [2.45, 2.75) is 19.4 Å². The summed E-state index contributed by atoms with van der Waals surface area (Å²) in [6.45, 7) is 1.89. The van der Waals surface area contributed by atoms with Gasteiger partial charge in [-0.15, -0.1) is 0 Å². The molecule has 1 atom stereocenters. The molecule has 0 aliphatic carbocycles. The van der Waals surface area contributed by atoms with Crippen LogP contribution in [0.5, 0.6) is 0 Å². The summed E-state index contributed by atoms with van der Waals surface area (Å²) >= 11 is 0. The molecule has 1 unspecified atom stereocenters. The molecule has 3 heteroatoms. The Hall–Kier alpha value is -2.25. The molecule has 0 radical (unpaired) electrons. The van der Waals surface area contributed by atoms with Gasteiger partial charge >= 0.3 is 0 Å². The van der Waals surface area contributed by atoms with Crippen LogP contribution in [0.15, 0.2) is 59.7 Å². The van der Waals surface area contributed by atoms with Gasteiger partial charge in [0.25, 0.3) is 0 Å². The van der Waals surface area contributed by atoms with E-state index in [-0.39, 0.29) is 6.04 Å². The monoisotopic (exact) mass is 237 g/mol. The fourth-order valence-electron chi connectivity index (χ4n) is 1.89. The number of benzene rings is 2. The summed E-state index contributed by atoms with van der Waals surface area (Å²) < 4.78 is 0. The first-order valence-electron chi connectivity index (χ1n) is 5.96. The predicted molar refractivity (Wildman–Crippen MR) is 73.3 cm³/mol. The third-order valence-electron chi connectivity index (χ3n) is 2.94. The van der Waals surface area contributed by atoms with Crippen molar-refractivity contribution in [1.82, 2.24) is 0 Å². The van der Waals surface area contributed by atoms with E-state index in [0.717, 1.165) is 12.0 Å². The van der Waals surface area contributed by atoms with Crippen LogP contribution in [0.3, 0.4) is 0 Å². The highest BCUT2D eigenvalue weighted by Gasteiger charge is 2.02. The van der Waals surface area contributed by atoms with E-state index in [1.54, 1.807) is 0 Å². The molecule has 18 heavy (non-hydrogen) atoms. The Morgan fingerprint density at radius 3 is 2.22 bits per heavy atom. The van der Waals surface area contributed by atoms with Crippen LogP contribution in [-0.2, 0) is 6.42 Å². The summed E-state index contributed by atoms with van der Waals surface area (Å²) in [6.07, 6.45) is 0.928. The van der Waals surface area contributed by atoms with Crippen molar-refractivity contribution in [3.05, 3.63) is 81.7 Å². The lowest BCUT2D eigenvalue weighted by Gasteiger charge is -2.06. The fourth-order valence-corrected chi connectivity index (χ4v) is 1.89. The van der Waals surface area contributed by atoms with Gasteiger partial charge in [0.15, 0.2) is 0 Å². The zero-order valence-corrected chi connectivity index (χ0v) is 10.3. The van der Waals surface area contributed by atoms with Crippen molar-refractivity contribution in [2.75, 3.05) is 0 Å². The van der Waals surface area contributed by atoms with E-state index >= 15 is 0 Å². The highest BCUT2D eigenvalue weighted by atomic mass is 15.1. The van der Waals surface area contributed by atoms with Crippen molar-refractivity contribution in [3.8, 4) is 0 Å². The number of hydrogen-bond donors (Lipinski definition) is 0. The van der Waals surface area contributed by atoms with Crippen molar-refractivity contribution in [2.24, 2.45) is 5.11 Å². The summed E-state index contributed by atoms with van der Waals surface area (Å²) in [7, 11) is 0. The van der Waals surface area contributed by atoms with Crippen molar-refractivity contribution in [1.29, 1.82) is 0 Å². The molecule has 90 valence electrons. The number of azide groups is 1. The largest absolute Gasteiger partial charge is 0.0862 e. The van der Waals surface area contributed by atoms with Gasteiger partial charge in [-0.05, 0) is 28.6 Å². The van der Waals surface area contributed by atoms with Gasteiger partial charge in [0, 0.05) is 4.91 Å². The molecule has 2 aromatic carbocycles. The molecular formula is C15H15N3. The second-order valence-electron chi connectivity index (χ2n) is 4.28. The number of rotatable bonds is 4. The topological polar surface area (TPSA) is 48.8 Å². The number of hydrogen-bond acceptors (Lipinski definition) is 1. The normalized spacial score (nSPS) is 11.6. The summed E-state index contributed by atoms with van der Waals surface area (Å²) in [5.41, 5.74) is 12.0. The maximum atomic E-state index is 8.41. The molecule has 0 spiro atoms. The lowest BCUT2D eigenvalue weighted by atomic mass is 10.0. The summed E-state index contributed by atoms with van der Waals surface area (Å²) in [5, 5.41) is 3.69. The van der Waals surface area contributed by atoms with Gasteiger partial charge in [-0.2, -0.15) is 0 Å². The first kappa shape index (κ1) is 12.2. The molecule has 0 aliphatic heterocycles. The van der Waals surface area contributed by atoms with Crippen molar-refractivity contribution in [3.63, 3.8) is 0 Å². The molecule has 2 rings (SSSR count). The highest BCUT2D eigenvalue weighted by molar-refractivity contribution is 5.29. The van der Waals surface area contributed by atoms with Gasteiger partial charge in [-0.1, -0.05) is 66.6 Å². The van der Waals surface area contributed by atoms with Gasteiger partial charge in [0.1, 0.15) is 0 Å². The Bertz CT molecular complexity index is 540. The standard InChI is InChI=1S/C15H15N3/c1-12(17-18-16)15-9-7-14(8-10-15)11-13-5-3-2-4-6-13/h2-10,12H,11H2,1H3. The van der Waals surface area contributed by atoms with Crippen LogP contribution >= 0.6 is 0 Å². The van der Waals surface area contributed by atoms with Crippen LogP contribution in [0.2, 0.25) is 0 Å². The molecule has 0 amide bonds. The molecule has 0 fully saturated rings. The van der Waals surface area contributed by atoms with Crippen LogP contribution in [-0.4, -0.2) is 0 Å². The third-order valence-corrected chi connectivity index (χ3v) is 2.94. The Labute approximate surface area is 107 Å². The minimum absolute atomic E-state index is 0.110. The number of nitrogens with zero attached hydrogens (tertiary/aromatic N) is 3. The van der Waals surface area contributed by atoms with Gasteiger partial charge in [-0.3, -0.25) is 0 Å². The van der Waals surface area contributed by atoms with Gasteiger partial charge in [-0.25, -0.2) is 0 Å². The zero-order valence-electron chi connectivity index (χ0n) is 10.3. The van der Waals surface area contributed by atoms with E-state index in [1.165, 1.54) is 11.1 Å². The highest BCUT2D eigenvalue weighted by Crippen LogP contribution is 2.18. The lowest BCUT2D eigenvalue weighted by molar-refractivity contribution is 0.807. The van der Waals surface area contributed by atoms with E-state index in [4.69, 9.17) is 5.53 Å². The molecule has 0 saturated carbocycles. The quantitative estimate of drug-likeness (QED) is 0.422. The summed E-state index contributed by atoms with van der Waals surface area (Å²) in [5.74, 6) is 0. The minimum atomic E-state index is -0.110. The maximum absolute atomic E-state index is 8.41. The Kier molecular flexibility index (Phi) is 4.00. The first-order chi connectivity index (χ1) is 8.79. The Morgan fingerprint density at radius 2 is 1.61 bits per heavy atom. The molecule has 0 N–H and O–H groups in total. The molecule has 0 bridgehead atoms. The SMILES string of the molecule is CC(N=[N+]=[N-])c1ccc(Cc2ccccc2)cc1. The summed E-state index contributed by atoms with van der Waals surface area (Å²) in [6, 6.07) is 18.5. The zero-order chi connectivity index (χ0) is 12.8. The smallest absolute Gasteiger partial charge is 0.0597 e. The molecule has 2 aromatic rings. The maximum Gasteiger partial charge on any atom is 0.0597 e. The molecule has 0 aliphatic rings. The second kappa shape index (κ2) is 5.89. The lowest BCUT2D eigenvalue weighted by Crippen LogP contribution is -1.91. The van der Waals surface area contributed by atoms with E-state index in [1.807, 2.05) is 37.3 Å². The molecule has 3 nitrogen and oxygen atoms in total. The van der Waals surface area contributed by atoms with Crippen LogP contribution in [0, 0.1) is 0 Å². The predicted octanol–water partition coefficient (Wildman–Crippen LogP) is 4.65. The van der Waals surface area contributed by atoms with E-state index < -0.39 is 0 Å². The van der Waals surface area contributed by atoms with Crippen molar-refractivity contribution < 1.29 is 0 Å². The van der Waals surface area contributed by atoms with Crippen LogP contribution in [0.25, 0.3) is 10.4 Å². The van der Waals surface area contributed by atoms with Crippen LogP contribution < -0.4 is 0 Å². The molecule has 0 heterocycles. The van der Waals surface area contributed by atoms with Crippen molar-refractivity contribution >= 4 is 0 Å². The molecule has 0 saturated heterocycles. The fraction of sp³-hybridized carbons (Fsp3) is 0.200. The first-order valence-corrected chi connectivity index (χ1v) is 5.96. The minimum Gasteiger partial charge on any atom is -0.0862 e.